The van der Waals surface area contributed by atoms with Crippen molar-refractivity contribution in [2.45, 2.75) is 16.7 Å². The van der Waals surface area contributed by atoms with Gasteiger partial charge in [-0.15, -0.1) is 0 Å². The Morgan fingerprint density at radius 2 is 1.52 bits per heavy atom. The molecule has 0 fully saturated rings. The van der Waals surface area contributed by atoms with Crippen LogP contribution in [0.25, 0.3) is 0 Å². The van der Waals surface area contributed by atoms with Crippen LogP contribution in [0.1, 0.15) is 17.0 Å². The number of fused-ring (bicyclic) bond motifs is 1. The third kappa shape index (κ3) is 4.02. The lowest BCUT2D eigenvalue weighted by Crippen LogP contribution is -2.09. The molecule has 1 aliphatic rings. The van der Waals surface area contributed by atoms with Gasteiger partial charge < -0.3 is 4.74 Å². The fourth-order valence-corrected chi connectivity index (χ4v) is 4.30. The molecule has 0 spiro atoms. The summed E-state index contributed by atoms with van der Waals surface area (Å²) in [4.78, 5) is 20.2. The molecule has 0 aliphatic carbocycles. The van der Waals surface area contributed by atoms with Gasteiger partial charge in [-0.25, -0.2) is 27.9 Å². The van der Waals surface area contributed by atoms with E-state index in [2.05, 4.69) is 9.97 Å². The summed E-state index contributed by atoms with van der Waals surface area (Å²) < 4.78 is 44.8. The number of hydrogen-bond acceptors (Lipinski definition) is 9. The molecule has 0 unspecified atom stereocenters. The number of halogens is 3. The van der Waals surface area contributed by atoms with Crippen LogP contribution >= 0.6 is 23.5 Å². The molecule has 0 bridgehead atoms. The number of thioether (sulfide) groups is 2. The zero-order chi connectivity index (χ0) is 21.1. The van der Waals surface area contributed by atoms with E-state index in [-0.39, 0.29) is 25.7 Å². The first-order valence-corrected chi connectivity index (χ1v) is 9.04. The molecule has 0 saturated carbocycles. The van der Waals surface area contributed by atoms with Crippen molar-refractivity contribution in [3.8, 4) is 18.2 Å². The maximum absolute atomic E-state index is 13.6. The number of aromatic nitrogens is 2. The molecule has 0 saturated heterocycles. The summed E-state index contributed by atoms with van der Waals surface area (Å²) in [7, 11) is 0. The Bertz CT molecular complexity index is 1170. The highest BCUT2D eigenvalue weighted by molar-refractivity contribution is 8.24. The number of rotatable bonds is 3. The van der Waals surface area contributed by atoms with Crippen LogP contribution in [-0.2, 0) is 16.1 Å². The molecule has 0 amide bonds. The van der Waals surface area contributed by atoms with Gasteiger partial charge in [0.05, 0.1) is 4.24 Å². The Labute approximate surface area is 169 Å². The highest BCUT2D eigenvalue weighted by Crippen LogP contribution is 2.50. The first kappa shape index (κ1) is 20.2. The van der Waals surface area contributed by atoms with Crippen LogP contribution in [-0.4, -0.2) is 15.9 Å². The molecule has 12 heteroatoms. The molecule has 2 heterocycles. The van der Waals surface area contributed by atoms with E-state index in [0.29, 0.717) is 12.1 Å². The predicted octanol–water partition coefficient (Wildman–Crippen LogP) is 3.31. The largest absolute Gasteiger partial charge is 0.457 e. The van der Waals surface area contributed by atoms with Crippen molar-refractivity contribution in [2.24, 2.45) is 0 Å². The molecule has 1 aromatic heterocycles. The number of nitriles is 3. The summed E-state index contributed by atoms with van der Waals surface area (Å²) in [6.45, 7) is -0.726. The van der Waals surface area contributed by atoms with Crippen molar-refractivity contribution in [3.05, 3.63) is 56.3 Å². The summed E-state index contributed by atoms with van der Waals surface area (Å²) in [5, 5.41) is 27.7. The molecule has 1 aromatic carbocycles. The minimum absolute atomic E-state index is 0.136. The van der Waals surface area contributed by atoms with Gasteiger partial charge in [0.2, 0.25) is 0 Å². The number of esters is 1. The standard InChI is InChI=1S/C17H4F3N5O2S2/c18-9-2-11(20)10(19)1-7(9)6-27-16(26)8(3-21)17-28-14-15(29-17)25-13(5-23)12(4-22)24-14/h1-2H,6H2. The molecule has 0 N–H and O–H groups in total. The van der Waals surface area contributed by atoms with Crippen molar-refractivity contribution < 1.29 is 22.7 Å². The number of hydrogen-bond donors (Lipinski definition) is 0. The van der Waals surface area contributed by atoms with Crippen molar-refractivity contribution in [2.75, 3.05) is 0 Å². The highest BCUT2D eigenvalue weighted by atomic mass is 32.2. The van der Waals surface area contributed by atoms with Gasteiger partial charge in [-0.3, -0.25) is 0 Å². The van der Waals surface area contributed by atoms with Gasteiger partial charge in [0.25, 0.3) is 0 Å². The van der Waals surface area contributed by atoms with Crippen molar-refractivity contribution >= 4 is 29.5 Å². The second-order valence-electron chi connectivity index (χ2n) is 5.17. The minimum Gasteiger partial charge on any atom is -0.457 e. The predicted molar refractivity (Wildman–Crippen MR) is 91.9 cm³/mol. The second kappa shape index (κ2) is 8.23. The number of nitrogens with zero attached hydrogens (tertiary/aromatic N) is 5. The average molecular weight is 431 g/mol. The molecule has 29 heavy (non-hydrogen) atoms. The Morgan fingerprint density at radius 1 is 0.966 bits per heavy atom. The third-order valence-corrected chi connectivity index (χ3v) is 5.76. The van der Waals surface area contributed by atoms with Crippen LogP contribution in [0.15, 0.2) is 32.0 Å². The van der Waals surface area contributed by atoms with E-state index < -0.39 is 41.2 Å². The van der Waals surface area contributed by atoms with Gasteiger partial charge in [-0.1, -0.05) is 23.5 Å². The first-order chi connectivity index (χ1) is 13.9. The smallest absolute Gasteiger partial charge is 0.350 e. The van der Waals surface area contributed by atoms with Crippen LogP contribution in [0.5, 0.6) is 0 Å². The van der Waals surface area contributed by atoms with Gasteiger partial charge >= 0.3 is 5.97 Å². The van der Waals surface area contributed by atoms with E-state index in [4.69, 9.17) is 15.3 Å². The molecule has 0 atom stereocenters. The molecular weight excluding hydrogens is 427 g/mol. The van der Waals surface area contributed by atoms with E-state index in [1.54, 1.807) is 18.2 Å². The number of benzene rings is 1. The lowest BCUT2D eigenvalue weighted by atomic mass is 10.2. The maximum Gasteiger partial charge on any atom is 0.350 e. The summed E-state index contributed by atoms with van der Waals surface area (Å²) in [6, 6.07) is 5.97. The van der Waals surface area contributed by atoms with Gasteiger partial charge in [0, 0.05) is 11.6 Å². The summed E-state index contributed by atoms with van der Waals surface area (Å²) in [6.07, 6.45) is 0. The van der Waals surface area contributed by atoms with Gasteiger partial charge in [0.15, 0.2) is 28.6 Å². The fourth-order valence-electron chi connectivity index (χ4n) is 2.06. The normalized spacial score (nSPS) is 11.8. The van der Waals surface area contributed by atoms with Crippen LogP contribution < -0.4 is 0 Å². The number of carbonyl (C=O) groups is 1. The van der Waals surface area contributed by atoms with Crippen LogP contribution in [0.3, 0.4) is 0 Å². The SMILES string of the molecule is N#CC(C(=O)OCc1cc(F)c(F)cc1F)=C1Sc2nc(C#N)c(C#N)nc2S1. The number of ether oxygens (including phenoxy) is 1. The topological polar surface area (TPSA) is 123 Å². The minimum atomic E-state index is -1.39. The molecule has 0 radical (unpaired) electrons. The van der Waals surface area contributed by atoms with Crippen LogP contribution in [0.4, 0.5) is 13.2 Å². The van der Waals surface area contributed by atoms with Gasteiger partial charge in [-0.2, -0.15) is 15.8 Å². The quantitative estimate of drug-likeness (QED) is 0.311. The molecule has 2 aromatic rings. The van der Waals surface area contributed by atoms with E-state index >= 15 is 0 Å². The summed E-state index contributed by atoms with van der Waals surface area (Å²) in [5.41, 5.74) is -1.25. The summed E-state index contributed by atoms with van der Waals surface area (Å²) >= 11 is 1.75. The van der Waals surface area contributed by atoms with E-state index in [9.17, 15) is 23.2 Å². The van der Waals surface area contributed by atoms with E-state index in [0.717, 1.165) is 23.5 Å². The lowest BCUT2D eigenvalue weighted by molar-refractivity contribution is -0.139. The van der Waals surface area contributed by atoms with Crippen LogP contribution in [0.2, 0.25) is 0 Å². The highest BCUT2D eigenvalue weighted by Gasteiger charge is 2.29. The van der Waals surface area contributed by atoms with Gasteiger partial charge in [-0.05, 0) is 6.07 Å². The fraction of sp³-hybridized carbons (Fsp3) is 0.0588. The molecule has 142 valence electrons. The second-order valence-corrected chi connectivity index (χ2v) is 7.42. The molecular formula is C17H4F3N5O2S2. The lowest BCUT2D eigenvalue weighted by Gasteiger charge is -2.07. The molecule has 1 aliphatic heterocycles. The van der Waals surface area contributed by atoms with Crippen molar-refractivity contribution in [1.82, 2.24) is 9.97 Å². The Kier molecular flexibility index (Phi) is 5.74. The molecule has 3 rings (SSSR count). The van der Waals surface area contributed by atoms with E-state index in [1.807, 2.05) is 0 Å². The van der Waals surface area contributed by atoms with Crippen LogP contribution in [0, 0.1) is 51.4 Å². The first-order valence-electron chi connectivity index (χ1n) is 7.40. The monoisotopic (exact) mass is 431 g/mol. The zero-order valence-corrected chi connectivity index (χ0v) is 15.5. The third-order valence-electron chi connectivity index (χ3n) is 3.39. The Hall–Kier alpha value is -3.53. The van der Waals surface area contributed by atoms with E-state index in [1.165, 1.54) is 0 Å². The molecule has 7 nitrogen and oxygen atoms in total. The van der Waals surface area contributed by atoms with Crippen molar-refractivity contribution in [3.63, 3.8) is 0 Å². The van der Waals surface area contributed by atoms with Gasteiger partial charge in [0.1, 0.15) is 40.7 Å². The average Bonchev–Trinajstić information content (AvgIpc) is 3.11. The zero-order valence-electron chi connectivity index (χ0n) is 13.9. The maximum atomic E-state index is 13.6. The Balaban J connectivity index is 1.82. The number of carbonyl (C=O) groups excluding carboxylic acids is 1. The summed E-state index contributed by atoms with van der Waals surface area (Å²) in [5.74, 6) is -4.93. The Morgan fingerprint density at radius 3 is 2.03 bits per heavy atom. The van der Waals surface area contributed by atoms with Crippen molar-refractivity contribution in [1.29, 1.82) is 15.8 Å².